The Labute approximate surface area is 245 Å². The fourth-order valence-corrected chi connectivity index (χ4v) is 6.16. The standard InChI is InChI=1S/C32H48N4O5/c1-32(2,3)41-30(38)21-25(17-20-34-18-10-6-7-11-19-34)35(23-37)29-22-26(36(33-29)24-13-8-9-14-24)31-27(39-4)15-12-16-28(31)40-5/h12,15-16,22-25H,6-11,13-14,17-21H2,1-5H3/t25-/m0/s1. The van der Waals surface area contributed by atoms with Gasteiger partial charge in [-0.05, 0) is 78.1 Å². The number of esters is 1. The van der Waals surface area contributed by atoms with E-state index in [9.17, 15) is 9.59 Å². The summed E-state index contributed by atoms with van der Waals surface area (Å²) >= 11 is 0. The molecule has 1 aliphatic carbocycles. The molecule has 2 heterocycles. The minimum Gasteiger partial charge on any atom is -0.496 e. The number of rotatable bonds is 12. The van der Waals surface area contributed by atoms with Gasteiger partial charge in [0.2, 0.25) is 6.41 Å². The molecule has 0 N–H and O–H groups in total. The van der Waals surface area contributed by atoms with Crippen LogP contribution in [0.2, 0.25) is 0 Å². The first-order chi connectivity index (χ1) is 19.7. The molecule has 1 saturated heterocycles. The zero-order valence-corrected chi connectivity index (χ0v) is 25.6. The summed E-state index contributed by atoms with van der Waals surface area (Å²) in [4.78, 5) is 30.0. The smallest absolute Gasteiger partial charge is 0.308 e. The number of anilines is 1. The van der Waals surface area contributed by atoms with Crippen molar-refractivity contribution in [2.75, 3.05) is 38.8 Å². The van der Waals surface area contributed by atoms with Gasteiger partial charge in [-0.25, -0.2) is 0 Å². The maximum atomic E-state index is 13.1. The van der Waals surface area contributed by atoms with Gasteiger partial charge in [-0.3, -0.25) is 19.2 Å². The lowest BCUT2D eigenvalue weighted by Crippen LogP contribution is -2.41. The Morgan fingerprint density at radius 1 is 1.05 bits per heavy atom. The number of hydrogen-bond acceptors (Lipinski definition) is 7. The summed E-state index contributed by atoms with van der Waals surface area (Å²) in [7, 11) is 3.29. The van der Waals surface area contributed by atoms with Gasteiger partial charge in [0.15, 0.2) is 5.82 Å². The molecule has 0 bridgehead atoms. The van der Waals surface area contributed by atoms with Crippen LogP contribution in [0.4, 0.5) is 5.82 Å². The quantitative estimate of drug-likeness (QED) is 0.229. The molecule has 1 saturated carbocycles. The molecule has 2 aliphatic rings. The molecule has 0 spiro atoms. The second-order valence-corrected chi connectivity index (χ2v) is 12.3. The third-order valence-electron chi connectivity index (χ3n) is 8.15. The molecule has 0 unspecified atom stereocenters. The Hall–Kier alpha value is -3.07. The van der Waals surface area contributed by atoms with Gasteiger partial charge in [0.05, 0.1) is 37.9 Å². The van der Waals surface area contributed by atoms with Crippen molar-refractivity contribution in [2.24, 2.45) is 0 Å². The van der Waals surface area contributed by atoms with Crippen molar-refractivity contribution in [1.82, 2.24) is 14.7 Å². The number of carbonyl (C=O) groups is 2. The molecule has 1 aliphatic heterocycles. The predicted molar refractivity (Wildman–Crippen MR) is 161 cm³/mol. The number of nitrogens with zero attached hydrogens (tertiary/aromatic N) is 4. The van der Waals surface area contributed by atoms with E-state index in [1.165, 1.54) is 25.7 Å². The van der Waals surface area contributed by atoms with Crippen LogP contribution in [0.1, 0.15) is 91.0 Å². The predicted octanol–water partition coefficient (Wildman–Crippen LogP) is 6.01. The van der Waals surface area contributed by atoms with Crippen LogP contribution >= 0.6 is 0 Å². The van der Waals surface area contributed by atoms with Crippen LogP contribution in [0.3, 0.4) is 0 Å². The molecule has 9 heteroatoms. The van der Waals surface area contributed by atoms with Crippen LogP contribution in [0, 0.1) is 0 Å². The lowest BCUT2D eigenvalue weighted by Gasteiger charge is -2.30. The van der Waals surface area contributed by atoms with E-state index in [4.69, 9.17) is 19.3 Å². The molecule has 1 amide bonds. The lowest BCUT2D eigenvalue weighted by molar-refractivity contribution is -0.155. The van der Waals surface area contributed by atoms with Crippen molar-refractivity contribution in [3.05, 3.63) is 24.3 Å². The molecular formula is C32H48N4O5. The average molecular weight is 569 g/mol. The zero-order valence-electron chi connectivity index (χ0n) is 25.6. The van der Waals surface area contributed by atoms with E-state index in [0.29, 0.717) is 23.7 Å². The van der Waals surface area contributed by atoms with Gasteiger partial charge >= 0.3 is 5.97 Å². The maximum absolute atomic E-state index is 13.1. The van der Waals surface area contributed by atoms with Gasteiger partial charge in [-0.1, -0.05) is 31.7 Å². The first-order valence-electron chi connectivity index (χ1n) is 15.2. The summed E-state index contributed by atoms with van der Waals surface area (Å²) < 4.78 is 19.2. The highest BCUT2D eigenvalue weighted by Crippen LogP contribution is 2.43. The minimum atomic E-state index is -0.601. The highest BCUT2D eigenvalue weighted by Gasteiger charge is 2.31. The second-order valence-electron chi connectivity index (χ2n) is 12.3. The minimum absolute atomic E-state index is 0.105. The summed E-state index contributed by atoms with van der Waals surface area (Å²) in [6.45, 7) is 8.51. The van der Waals surface area contributed by atoms with Crippen LogP contribution in [0.15, 0.2) is 24.3 Å². The van der Waals surface area contributed by atoms with Gasteiger partial charge < -0.3 is 19.1 Å². The number of carbonyl (C=O) groups excluding carboxylic acids is 2. The van der Waals surface area contributed by atoms with Crippen LogP contribution in [0.5, 0.6) is 11.5 Å². The van der Waals surface area contributed by atoms with Crippen molar-refractivity contribution in [3.8, 4) is 22.8 Å². The molecule has 1 atom stereocenters. The van der Waals surface area contributed by atoms with Gasteiger partial charge in [0.1, 0.15) is 17.1 Å². The fraction of sp³-hybridized carbons (Fsp3) is 0.656. The Balaban J connectivity index is 1.71. The summed E-state index contributed by atoms with van der Waals surface area (Å²) in [5, 5.41) is 5.04. The second kappa shape index (κ2) is 14.2. The van der Waals surface area contributed by atoms with Gasteiger partial charge in [0.25, 0.3) is 0 Å². The first-order valence-corrected chi connectivity index (χ1v) is 15.2. The Bertz CT molecular complexity index is 1120. The highest BCUT2D eigenvalue weighted by molar-refractivity contribution is 5.82. The third kappa shape index (κ3) is 8.03. The molecule has 1 aromatic carbocycles. The molecule has 2 fully saturated rings. The van der Waals surface area contributed by atoms with Crippen molar-refractivity contribution < 1.29 is 23.8 Å². The number of likely N-dealkylation sites (tertiary alicyclic amines) is 1. The number of benzene rings is 1. The SMILES string of the molecule is COc1cccc(OC)c1-c1cc(N(C=O)[C@@H](CCN2CCCCCC2)CC(=O)OC(C)(C)C)nn1C1CCCC1. The Morgan fingerprint density at radius 3 is 2.24 bits per heavy atom. The third-order valence-corrected chi connectivity index (χ3v) is 8.15. The average Bonchev–Trinajstić information content (AvgIpc) is 3.55. The van der Waals surface area contributed by atoms with Crippen molar-refractivity contribution >= 4 is 18.2 Å². The van der Waals surface area contributed by atoms with Crippen LogP contribution < -0.4 is 14.4 Å². The van der Waals surface area contributed by atoms with Crippen molar-refractivity contribution in [3.63, 3.8) is 0 Å². The van der Waals surface area contributed by atoms with Crippen LogP contribution in [-0.2, 0) is 14.3 Å². The normalized spacial score (nSPS) is 17.6. The van der Waals surface area contributed by atoms with E-state index < -0.39 is 5.60 Å². The number of hydrogen-bond donors (Lipinski definition) is 0. The molecule has 226 valence electrons. The summed E-state index contributed by atoms with van der Waals surface area (Å²) in [5.74, 6) is 1.57. The number of ether oxygens (including phenoxy) is 3. The van der Waals surface area contributed by atoms with Gasteiger partial charge in [0, 0.05) is 18.7 Å². The number of methoxy groups -OCH3 is 2. The topological polar surface area (TPSA) is 86.1 Å². The van der Waals surface area contributed by atoms with E-state index in [-0.39, 0.29) is 24.5 Å². The number of amides is 1. The Kier molecular flexibility index (Phi) is 10.7. The molecule has 9 nitrogen and oxygen atoms in total. The highest BCUT2D eigenvalue weighted by atomic mass is 16.6. The van der Waals surface area contributed by atoms with E-state index in [0.717, 1.165) is 63.0 Å². The molecule has 0 radical (unpaired) electrons. The Morgan fingerprint density at radius 2 is 1.68 bits per heavy atom. The molecule has 1 aromatic heterocycles. The molecular weight excluding hydrogens is 520 g/mol. The summed E-state index contributed by atoms with van der Waals surface area (Å²) in [6.07, 6.45) is 10.8. The molecule has 4 rings (SSSR count). The van der Waals surface area contributed by atoms with E-state index >= 15 is 0 Å². The largest absolute Gasteiger partial charge is 0.496 e. The first kappa shape index (κ1) is 30.9. The van der Waals surface area contributed by atoms with E-state index in [1.807, 2.05) is 49.7 Å². The fourth-order valence-electron chi connectivity index (χ4n) is 6.16. The monoisotopic (exact) mass is 568 g/mol. The summed E-state index contributed by atoms with van der Waals surface area (Å²) in [5.41, 5.74) is 1.05. The maximum Gasteiger partial charge on any atom is 0.308 e. The lowest BCUT2D eigenvalue weighted by atomic mass is 10.1. The summed E-state index contributed by atoms with van der Waals surface area (Å²) in [6, 6.07) is 7.49. The van der Waals surface area contributed by atoms with Crippen LogP contribution in [-0.4, -0.2) is 72.6 Å². The van der Waals surface area contributed by atoms with Crippen molar-refractivity contribution in [2.45, 2.75) is 103 Å². The number of aromatic nitrogens is 2. The van der Waals surface area contributed by atoms with Gasteiger partial charge in [-0.2, -0.15) is 5.10 Å². The zero-order chi connectivity index (χ0) is 29.4. The van der Waals surface area contributed by atoms with Crippen molar-refractivity contribution in [1.29, 1.82) is 0 Å². The molecule has 2 aromatic rings. The van der Waals surface area contributed by atoms with Crippen LogP contribution in [0.25, 0.3) is 11.3 Å². The van der Waals surface area contributed by atoms with E-state index in [1.54, 1.807) is 19.1 Å². The van der Waals surface area contributed by atoms with E-state index in [2.05, 4.69) is 4.90 Å². The molecule has 41 heavy (non-hydrogen) atoms. The van der Waals surface area contributed by atoms with Gasteiger partial charge in [-0.15, -0.1) is 0 Å².